The van der Waals surface area contributed by atoms with Gasteiger partial charge in [0.05, 0.1) is 0 Å². The maximum Gasteiger partial charge on any atom is 0.115 e. The molecule has 0 atom stereocenters. The van der Waals surface area contributed by atoms with E-state index in [4.69, 9.17) is 5.11 Å². The predicted octanol–water partition coefficient (Wildman–Crippen LogP) is 3.73. The third-order valence-electron chi connectivity index (χ3n) is 2.34. The fourth-order valence-corrected chi connectivity index (χ4v) is 2.38. The highest BCUT2D eigenvalue weighted by Crippen LogP contribution is 2.21. The van der Waals surface area contributed by atoms with Crippen molar-refractivity contribution in [3.8, 4) is 5.75 Å². The van der Waals surface area contributed by atoms with Crippen molar-refractivity contribution < 1.29 is 5.11 Å². The van der Waals surface area contributed by atoms with E-state index in [1.54, 1.807) is 12.1 Å². The summed E-state index contributed by atoms with van der Waals surface area (Å²) in [6.07, 6.45) is 1.08. The highest BCUT2D eigenvalue weighted by molar-refractivity contribution is 7.99. The molecule has 0 fully saturated rings. The Balaban J connectivity index is 1.82. The molecule has 0 radical (unpaired) electrons. The zero-order valence-electron chi connectivity index (χ0n) is 8.97. The van der Waals surface area contributed by atoms with E-state index in [0.717, 1.165) is 12.2 Å². The third kappa shape index (κ3) is 3.31. The molecule has 0 bridgehead atoms. The maximum atomic E-state index is 9.15. The predicted molar refractivity (Wildman–Crippen MR) is 69.0 cm³/mol. The Morgan fingerprint density at radius 2 is 1.56 bits per heavy atom. The summed E-state index contributed by atoms with van der Waals surface area (Å²) in [6.45, 7) is 0. The molecule has 2 rings (SSSR count). The van der Waals surface area contributed by atoms with Crippen molar-refractivity contribution in [3.63, 3.8) is 0 Å². The lowest BCUT2D eigenvalue weighted by molar-refractivity contribution is 0.475. The van der Waals surface area contributed by atoms with E-state index in [-0.39, 0.29) is 0 Å². The van der Waals surface area contributed by atoms with Crippen molar-refractivity contribution in [1.29, 1.82) is 0 Å². The number of hydrogen-bond donors (Lipinski definition) is 1. The van der Waals surface area contributed by atoms with Crippen LogP contribution >= 0.6 is 11.8 Å². The minimum atomic E-state index is 0.326. The Labute approximate surface area is 100 Å². The second kappa shape index (κ2) is 5.61. The molecule has 2 aromatic rings. The van der Waals surface area contributed by atoms with Crippen molar-refractivity contribution >= 4 is 11.8 Å². The molecule has 0 aromatic heterocycles. The summed E-state index contributed by atoms with van der Waals surface area (Å²) in [7, 11) is 0. The first kappa shape index (κ1) is 11.1. The fraction of sp³-hybridized carbons (Fsp3) is 0.143. The van der Waals surface area contributed by atoms with Crippen LogP contribution in [-0.2, 0) is 6.42 Å². The topological polar surface area (TPSA) is 20.2 Å². The summed E-state index contributed by atoms with van der Waals surface area (Å²) in [4.78, 5) is 1.20. The van der Waals surface area contributed by atoms with Crippen LogP contribution in [0.2, 0.25) is 0 Å². The number of rotatable bonds is 4. The van der Waals surface area contributed by atoms with Gasteiger partial charge >= 0.3 is 0 Å². The number of aryl methyl sites for hydroxylation is 1. The van der Waals surface area contributed by atoms with Gasteiger partial charge < -0.3 is 5.11 Å². The highest BCUT2D eigenvalue weighted by atomic mass is 32.2. The molecular weight excluding hydrogens is 216 g/mol. The van der Waals surface area contributed by atoms with Gasteiger partial charge in [-0.2, -0.15) is 0 Å². The van der Waals surface area contributed by atoms with Crippen molar-refractivity contribution in [2.75, 3.05) is 5.75 Å². The SMILES string of the molecule is Oc1ccc(SCCc2ccccc2)cc1. The Morgan fingerprint density at radius 3 is 2.25 bits per heavy atom. The molecule has 82 valence electrons. The first-order valence-electron chi connectivity index (χ1n) is 5.30. The van der Waals surface area contributed by atoms with Gasteiger partial charge in [-0.3, -0.25) is 0 Å². The van der Waals surface area contributed by atoms with E-state index in [2.05, 4.69) is 24.3 Å². The number of benzene rings is 2. The Kier molecular flexibility index (Phi) is 3.89. The van der Waals surface area contributed by atoms with E-state index >= 15 is 0 Å². The van der Waals surface area contributed by atoms with Crippen LogP contribution < -0.4 is 0 Å². The van der Waals surface area contributed by atoms with E-state index in [9.17, 15) is 0 Å². The van der Waals surface area contributed by atoms with Crippen LogP contribution in [0.15, 0.2) is 59.5 Å². The fourth-order valence-electron chi connectivity index (χ4n) is 1.47. The molecule has 2 heteroatoms. The molecule has 2 aromatic carbocycles. The van der Waals surface area contributed by atoms with Crippen LogP contribution in [0.3, 0.4) is 0 Å². The molecule has 0 saturated heterocycles. The zero-order chi connectivity index (χ0) is 11.2. The van der Waals surface area contributed by atoms with Crippen LogP contribution in [-0.4, -0.2) is 10.9 Å². The molecule has 1 nitrogen and oxygen atoms in total. The molecule has 0 saturated carbocycles. The van der Waals surface area contributed by atoms with Crippen LogP contribution in [0.25, 0.3) is 0 Å². The van der Waals surface area contributed by atoms with Gasteiger partial charge in [0.25, 0.3) is 0 Å². The summed E-state index contributed by atoms with van der Waals surface area (Å²) in [5, 5.41) is 9.15. The average Bonchev–Trinajstić information content (AvgIpc) is 2.33. The van der Waals surface area contributed by atoms with E-state index in [0.29, 0.717) is 5.75 Å². The Hall–Kier alpha value is -1.41. The number of phenols is 1. The van der Waals surface area contributed by atoms with Gasteiger partial charge in [0.1, 0.15) is 5.75 Å². The normalized spacial score (nSPS) is 10.2. The monoisotopic (exact) mass is 230 g/mol. The largest absolute Gasteiger partial charge is 0.508 e. The van der Waals surface area contributed by atoms with Crippen molar-refractivity contribution in [3.05, 3.63) is 60.2 Å². The second-order valence-electron chi connectivity index (χ2n) is 3.58. The highest BCUT2D eigenvalue weighted by Gasteiger charge is 1.95. The lowest BCUT2D eigenvalue weighted by Gasteiger charge is -2.02. The first-order valence-corrected chi connectivity index (χ1v) is 6.29. The number of phenolic OH excluding ortho intramolecular Hbond substituents is 1. The van der Waals surface area contributed by atoms with E-state index in [1.807, 2.05) is 30.0 Å². The molecule has 0 heterocycles. The van der Waals surface area contributed by atoms with Gasteiger partial charge in [-0.1, -0.05) is 30.3 Å². The van der Waals surface area contributed by atoms with Gasteiger partial charge in [-0.15, -0.1) is 11.8 Å². The number of aromatic hydroxyl groups is 1. The molecule has 0 amide bonds. The summed E-state index contributed by atoms with van der Waals surface area (Å²) in [6, 6.07) is 17.8. The molecule has 0 aliphatic heterocycles. The maximum absolute atomic E-state index is 9.15. The molecule has 16 heavy (non-hydrogen) atoms. The van der Waals surface area contributed by atoms with Crippen molar-refractivity contribution in [1.82, 2.24) is 0 Å². The molecule has 0 aliphatic rings. The number of hydrogen-bond acceptors (Lipinski definition) is 2. The van der Waals surface area contributed by atoms with E-state index in [1.165, 1.54) is 10.5 Å². The second-order valence-corrected chi connectivity index (χ2v) is 4.75. The minimum absolute atomic E-state index is 0.326. The standard InChI is InChI=1S/C14H14OS/c15-13-6-8-14(9-7-13)16-11-10-12-4-2-1-3-5-12/h1-9,15H,10-11H2. The molecule has 0 aliphatic carbocycles. The van der Waals surface area contributed by atoms with Gasteiger partial charge in [-0.05, 0) is 36.2 Å². The molecule has 1 N–H and O–H groups in total. The van der Waals surface area contributed by atoms with Gasteiger partial charge in [0.15, 0.2) is 0 Å². The van der Waals surface area contributed by atoms with Crippen LogP contribution in [0.5, 0.6) is 5.75 Å². The van der Waals surface area contributed by atoms with Crippen LogP contribution in [0.4, 0.5) is 0 Å². The first-order chi connectivity index (χ1) is 7.84. The summed E-state index contributed by atoms with van der Waals surface area (Å²) in [5.74, 6) is 1.39. The van der Waals surface area contributed by atoms with E-state index < -0.39 is 0 Å². The minimum Gasteiger partial charge on any atom is -0.508 e. The quantitative estimate of drug-likeness (QED) is 0.808. The van der Waals surface area contributed by atoms with Crippen molar-refractivity contribution in [2.45, 2.75) is 11.3 Å². The molecule has 0 spiro atoms. The molecular formula is C14H14OS. The summed E-state index contributed by atoms with van der Waals surface area (Å²) >= 11 is 1.81. The third-order valence-corrected chi connectivity index (χ3v) is 3.35. The van der Waals surface area contributed by atoms with Crippen LogP contribution in [0, 0.1) is 0 Å². The van der Waals surface area contributed by atoms with Crippen molar-refractivity contribution in [2.24, 2.45) is 0 Å². The summed E-state index contributed by atoms with van der Waals surface area (Å²) in [5.41, 5.74) is 1.37. The van der Waals surface area contributed by atoms with Gasteiger partial charge in [0.2, 0.25) is 0 Å². The summed E-state index contributed by atoms with van der Waals surface area (Å²) < 4.78 is 0. The van der Waals surface area contributed by atoms with Crippen LogP contribution in [0.1, 0.15) is 5.56 Å². The zero-order valence-corrected chi connectivity index (χ0v) is 9.78. The lowest BCUT2D eigenvalue weighted by Crippen LogP contribution is -1.87. The number of thioether (sulfide) groups is 1. The van der Waals surface area contributed by atoms with Gasteiger partial charge in [0, 0.05) is 10.6 Å². The van der Waals surface area contributed by atoms with Gasteiger partial charge in [-0.25, -0.2) is 0 Å². The average molecular weight is 230 g/mol. The Morgan fingerprint density at radius 1 is 0.875 bits per heavy atom. The smallest absolute Gasteiger partial charge is 0.115 e. The molecule has 0 unspecified atom stereocenters. The Bertz CT molecular complexity index is 422. The lowest BCUT2D eigenvalue weighted by atomic mass is 10.2.